The van der Waals surface area contributed by atoms with Crippen LogP contribution in [0.2, 0.25) is 0 Å². The van der Waals surface area contributed by atoms with Crippen LogP contribution in [0, 0.1) is 5.92 Å². The molecule has 0 spiro atoms. The molecular weight excluding hydrogens is 442 g/mol. The molecule has 7 nitrogen and oxygen atoms in total. The lowest BCUT2D eigenvalue weighted by molar-refractivity contribution is 0.0943. The predicted octanol–water partition coefficient (Wildman–Crippen LogP) is 3.08. The van der Waals surface area contributed by atoms with Gasteiger partial charge in [-0.15, -0.1) is 5.10 Å². The molecule has 3 aromatic rings. The number of benzene rings is 1. The van der Waals surface area contributed by atoms with Crippen molar-refractivity contribution in [3.63, 3.8) is 0 Å². The van der Waals surface area contributed by atoms with E-state index in [1.54, 1.807) is 0 Å². The highest BCUT2D eigenvalue weighted by atomic mass is 79.9. The van der Waals surface area contributed by atoms with E-state index in [4.69, 9.17) is 0 Å². The second-order valence-electron chi connectivity index (χ2n) is 7.06. The average molecular weight is 462 g/mol. The molecule has 1 N–H and O–H groups in total. The van der Waals surface area contributed by atoms with E-state index >= 15 is 0 Å². The van der Waals surface area contributed by atoms with Gasteiger partial charge >= 0.3 is 0 Å². The van der Waals surface area contributed by atoms with Crippen LogP contribution in [-0.4, -0.2) is 33.6 Å². The molecule has 3 heterocycles. The zero-order valence-electron chi connectivity index (χ0n) is 15.4. The maximum absolute atomic E-state index is 12.7. The average Bonchev–Trinajstić information content (AvgIpc) is 3.09. The van der Waals surface area contributed by atoms with E-state index in [-0.39, 0.29) is 11.6 Å². The van der Waals surface area contributed by atoms with Crippen molar-refractivity contribution in [3.05, 3.63) is 56.4 Å². The second-order valence-corrected chi connectivity index (χ2v) is 8.91. The van der Waals surface area contributed by atoms with Gasteiger partial charge in [0.25, 0.3) is 11.5 Å². The number of carbonyl (C=O) groups excluding carboxylic acids is 1. The van der Waals surface area contributed by atoms with Crippen LogP contribution in [0.5, 0.6) is 0 Å². The molecule has 1 atom stereocenters. The quantitative estimate of drug-likeness (QED) is 0.645. The Hall–Kier alpha value is -2.26. The lowest BCUT2D eigenvalue weighted by Crippen LogP contribution is -2.34. The smallest absolute Gasteiger partial charge is 0.274 e. The molecule has 0 saturated carbocycles. The van der Waals surface area contributed by atoms with Crippen molar-refractivity contribution in [1.29, 1.82) is 0 Å². The van der Waals surface area contributed by atoms with Crippen LogP contribution in [-0.2, 0) is 6.54 Å². The molecule has 9 heteroatoms. The molecule has 1 aliphatic heterocycles. The van der Waals surface area contributed by atoms with E-state index < -0.39 is 5.56 Å². The van der Waals surface area contributed by atoms with Crippen LogP contribution in [0.3, 0.4) is 0 Å². The molecule has 1 aromatic carbocycles. The Morgan fingerprint density at radius 2 is 2.25 bits per heavy atom. The van der Waals surface area contributed by atoms with Crippen LogP contribution < -0.4 is 15.8 Å². The topological polar surface area (TPSA) is 79.6 Å². The predicted molar refractivity (Wildman–Crippen MR) is 113 cm³/mol. The third kappa shape index (κ3) is 4.10. The number of hydrogen-bond donors (Lipinski definition) is 1. The number of hydrogen-bond acceptors (Lipinski definition) is 6. The summed E-state index contributed by atoms with van der Waals surface area (Å²) < 4.78 is 2.43. The zero-order chi connectivity index (χ0) is 19.7. The van der Waals surface area contributed by atoms with Gasteiger partial charge in [0.1, 0.15) is 5.69 Å². The van der Waals surface area contributed by atoms with Gasteiger partial charge in [0.05, 0.1) is 0 Å². The highest BCUT2D eigenvalue weighted by Crippen LogP contribution is 2.27. The summed E-state index contributed by atoms with van der Waals surface area (Å²) >= 11 is 4.77. The molecule has 1 amide bonds. The van der Waals surface area contributed by atoms with Crippen LogP contribution in [0.25, 0.3) is 4.96 Å². The summed E-state index contributed by atoms with van der Waals surface area (Å²) in [4.78, 5) is 31.4. The van der Waals surface area contributed by atoms with Crippen molar-refractivity contribution in [3.8, 4) is 0 Å². The number of nitrogens with one attached hydrogen (secondary N) is 1. The first-order valence-electron chi connectivity index (χ1n) is 9.18. The van der Waals surface area contributed by atoms with Crippen molar-refractivity contribution >= 4 is 43.3 Å². The van der Waals surface area contributed by atoms with Gasteiger partial charge in [-0.05, 0) is 36.5 Å². The minimum absolute atomic E-state index is 0.206. The van der Waals surface area contributed by atoms with Crippen molar-refractivity contribution in [1.82, 2.24) is 19.9 Å². The summed E-state index contributed by atoms with van der Waals surface area (Å²) in [6.45, 7) is 4.44. The summed E-state index contributed by atoms with van der Waals surface area (Å²) in [5, 5.41) is 8.25. The highest BCUT2D eigenvalue weighted by molar-refractivity contribution is 9.10. The third-order valence-electron chi connectivity index (χ3n) is 4.75. The maximum atomic E-state index is 12.7. The minimum Gasteiger partial charge on any atom is -0.347 e. The van der Waals surface area contributed by atoms with Gasteiger partial charge in [-0.2, -0.15) is 9.50 Å². The Kier molecular flexibility index (Phi) is 5.45. The zero-order valence-corrected chi connectivity index (χ0v) is 17.8. The number of anilines is 1. The summed E-state index contributed by atoms with van der Waals surface area (Å²) in [6.07, 6.45) is 2.32. The lowest BCUT2D eigenvalue weighted by Gasteiger charge is -2.30. The van der Waals surface area contributed by atoms with Gasteiger partial charge in [0.15, 0.2) is 0 Å². The molecule has 0 unspecified atom stereocenters. The minimum atomic E-state index is -0.435. The van der Waals surface area contributed by atoms with Crippen LogP contribution in [0.15, 0.2) is 39.6 Å². The number of piperidine rings is 1. The van der Waals surface area contributed by atoms with Crippen LogP contribution >= 0.6 is 27.3 Å². The number of fused-ring (bicyclic) bond motifs is 1. The van der Waals surface area contributed by atoms with E-state index in [0.717, 1.165) is 34.7 Å². The standard InChI is InChI=1S/C19H20BrN5O2S/c1-12-4-3-7-24(11-12)19-23-25-15(9-16(26)22-18(25)28-19)17(27)21-10-13-5-2-6-14(20)8-13/h2,5-6,8-9,12H,3-4,7,10-11H2,1H3,(H,21,27)/t12-/m0/s1. The molecule has 28 heavy (non-hydrogen) atoms. The summed E-state index contributed by atoms with van der Waals surface area (Å²) in [6, 6.07) is 8.94. The fourth-order valence-corrected chi connectivity index (χ4v) is 4.77. The Labute approximate surface area is 174 Å². The van der Waals surface area contributed by atoms with E-state index in [2.05, 4.69) is 43.2 Å². The molecule has 1 aliphatic rings. The summed E-state index contributed by atoms with van der Waals surface area (Å²) in [5.41, 5.74) is 0.731. The fourth-order valence-electron chi connectivity index (χ4n) is 3.38. The Bertz CT molecular complexity index is 1080. The number of nitrogens with zero attached hydrogens (tertiary/aromatic N) is 4. The van der Waals surface area contributed by atoms with Gasteiger partial charge in [-0.25, -0.2) is 0 Å². The van der Waals surface area contributed by atoms with Gasteiger partial charge in [-0.3, -0.25) is 9.59 Å². The molecule has 1 saturated heterocycles. The van der Waals surface area contributed by atoms with E-state index in [1.165, 1.54) is 28.3 Å². The number of rotatable bonds is 4. The number of amides is 1. The second kappa shape index (κ2) is 8.00. The fraction of sp³-hybridized carbons (Fsp3) is 0.368. The van der Waals surface area contributed by atoms with Gasteiger partial charge < -0.3 is 10.2 Å². The van der Waals surface area contributed by atoms with Gasteiger partial charge in [-0.1, -0.05) is 46.3 Å². The van der Waals surface area contributed by atoms with Crippen molar-refractivity contribution in [2.45, 2.75) is 26.3 Å². The van der Waals surface area contributed by atoms with E-state index in [1.807, 2.05) is 24.3 Å². The Morgan fingerprint density at radius 1 is 1.39 bits per heavy atom. The monoisotopic (exact) mass is 461 g/mol. The number of aromatic nitrogens is 3. The summed E-state index contributed by atoms with van der Waals surface area (Å²) in [7, 11) is 0. The van der Waals surface area contributed by atoms with Gasteiger partial charge in [0, 0.05) is 30.2 Å². The van der Waals surface area contributed by atoms with E-state index in [9.17, 15) is 9.59 Å². The number of halogens is 1. The van der Waals surface area contributed by atoms with E-state index in [0.29, 0.717) is 17.4 Å². The largest absolute Gasteiger partial charge is 0.347 e. The summed E-state index contributed by atoms with van der Waals surface area (Å²) in [5.74, 6) is 0.250. The first-order chi connectivity index (χ1) is 13.5. The molecule has 1 fully saturated rings. The first-order valence-corrected chi connectivity index (χ1v) is 10.8. The molecule has 4 rings (SSSR count). The third-order valence-corrected chi connectivity index (χ3v) is 6.21. The van der Waals surface area contributed by atoms with Crippen molar-refractivity contribution < 1.29 is 4.79 Å². The first kappa shape index (κ1) is 19.1. The van der Waals surface area contributed by atoms with Gasteiger partial charge in [0.2, 0.25) is 10.1 Å². The maximum Gasteiger partial charge on any atom is 0.274 e. The van der Waals surface area contributed by atoms with Crippen LogP contribution in [0.1, 0.15) is 35.8 Å². The molecule has 146 valence electrons. The Morgan fingerprint density at radius 3 is 3.04 bits per heavy atom. The highest BCUT2D eigenvalue weighted by Gasteiger charge is 2.22. The SMILES string of the molecule is C[C@H]1CCCN(c2nn3c(C(=O)NCc4cccc(Br)c4)cc(=O)nc3s2)C1. The molecule has 0 bridgehead atoms. The number of carbonyl (C=O) groups is 1. The lowest BCUT2D eigenvalue weighted by atomic mass is 10.0. The Balaban J connectivity index is 1.60. The van der Waals surface area contributed by atoms with Crippen molar-refractivity contribution in [2.75, 3.05) is 18.0 Å². The molecular formula is C19H20BrN5O2S. The molecule has 0 radical (unpaired) electrons. The molecule has 2 aromatic heterocycles. The normalized spacial score (nSPS) is 17.1. The molecule has 0 aliphatic carbocycles. The van der Waals surface area contributed by atoms with Crippen molar-refractivity contribution in [2.24, 2.45) is 5.92 Å². The van der Waals surface area contributed by atoms with Crippen LogP contribution in [0.4, 0.5) is 5.13 Å².